The molecule has 0 spiro atoms. The van der Waals surface area contributed by atoms with Gasteiger partial charge in [-0.25, -0.2) is 13.2 Å². The molecule has 1 aromatic heterocycles. The molecule has 0 saturated heterocycles. The number of aromatic nitrogens is 4. The quantitative estimate of drug-likeness (QED) is 0.616. The largest absolute Gasteiger partial charge is 0.383 e. The Hall–Kier alpha value is -2.98. The number of hydrogen-bond acceptors (Lipinski definition) is 6. The third-order valence-electron chi connectivity index (χ3n) is 3.73. The SMILES string of the molecule is COCCn1nnn(-c2ccc(NS(=O)(=O)Cc3ccccc3)cc2)c1=O. The van der Waals surface area contributed by atoms with Crippen LogP contribution in [0.3, 0.4) is 0 Å². The number of sulfonamides is 1. The van der Waals surface area contributed by atoms with E-state index in [0.29, 0.717) is 30.1 Å². The lowest BCUT2D eigenvalue weighted by Crippen LogP contribution is -2.25. The zero-order valence-corrected chi connectivity index (χ0v) is 15.5. The highest BCUT2D eigenvalue weighted by Gasteiger charge is 2.13. The summed E-state index contributed by atoms with van der Waals surface area (Å²) in [6, 6.07) is 15.2. The number of hydrogen-bond donors (Lipinski definition) is 1. The van der Waals surface area contributed by atoms with Crippen LogP contribution in [0.4, 0.5) is 5.69 Å². The number of tetrazole rings is 1. The zero-order valence-electron chi connectivity index (χ0n) is 14.6. The fourth-order valence-corrected chi connectivity index (χ4v) is 3.63. The van der Waals surface area contributed by atoms with Crippen molar-refractivity contribution in [1.82, 2.24) is 19.8 Å². The minimum absolute atomic E-state index is 0.122. The average molecular weight is 389 g/mol. The van der Waals surface area contributed by atoms with Crippen molar-refractivity contribution in [1.29, 1.82) is 0 Å². The molecule has 0 aliphatic heterocycles. The Bertz CT molecular complexity index is 1040. The van der Waals surface area contributed by atoms with Gasteiger partial charge in [0.1, 0.15) is 0 Å². The lowest BCUT2D eigenvalue weighted by atomic mass is 10.2. The Kier molecular flexibility index (Phi) is 5.67. The molecule has 1 N–H and O–H groups in total. The van der Waals surface area contributed by atoms with Gasteiger partial charge in [-0.2, -0.15) is 9.36 Å². The smallest absolute Gasteiger partial charge is 0.368 e. The maximum atomic E-state index is 12.3. The second-order valence-corrected chi connectivity index (χ2v) is 7.51. The van der Waals surface area contributed by atoms with Gasteiger partial charge in [-0.05, 0) is 40.3 Å². The van der Waals surface area contributed by atoms with E-state index in [1.807, 2.05) is 6.07 Å². The van der Waals surface area contributed by atoms with Gasteiger partial charge in [0, 0.05) is 12.8 Å². The van der Waals surface area contributed by atoms with E-state index in [0.717, 1.165) is 4.68 Å². The Balaban J connectivity index is 1.72. The maximum Gasteiger partial charge on any atom is 0.368 e. The van der Waals surface area contributed by atoms with E-state index < -0.39 is 15.7 Å². The first kappa shape index (κ1) is 18.8. The minimum Gasteiger partial charge on any atom is -0.383 e. The first-order chi connectivity index (χ1) is 13.0. The highest BCUT2D eigenvalue weighted by Crippen LogP contribution is 2.15. The summed E-state index contributed by atoms with van der Waals surface area (Å²) in [6.45, 7) is 0.646. The van der Waals surface area contributed by atoms with Gasteiger partial charge in [-0.1, -0.05) is 30.3 Å². The third-order valence-corrected chi connectivity index (χ3v) is 4.99. The summed E-state index contributed by atoms with van der Waals surface area (Å²) in [6.07, 6.45) is 0. The van der Waals surface area contributed by atoms with E-state index in [1.54, 1.807) is 48.5 Å². The van der Waals surface area contributed by atoms with Crippen LogP contribution >= 0.6 is 0 Å². The summed E-state index contributed by atoms with van der Waals surface area (Å²) >= 11 is 0. The number of anilines is 1. The standard InChI is InChI=1S/C17H19N5O4S/c1-26-12-11-21-17(23)22(20-19-21)16-9-7-15(8-10-16)18-27(24,25)13-14-5-3-2-4-6-14/h2-10,18H,11-13H2,1H3. The van der Waals surface area contributed by atoms with Gasteiger partial charge in [0.15, 0.2) is 0 Å². The van der Waals surface area contributed by atoms with Crippen LogP contribution in [-0.2, 0) is 27.1 Å². The first-order valence-corrected chi connectivity index (χ1v) is 9.80. The Labute approximate surface area is 156 Å². The summed E-state index contributed by atoms with van der Waals surface area (Å²) in [5.74, 6) is -0.122. The molecule has 0 aliphatic rings. The van der Waals surface area contributed by atoms with Crippen molar-refractivity contribution in [2.75, 3.05) is 18.4 Å². The van der Waals surface area contributed by atoms with Crippen molar-refractivity contribution in [2.45, 2.75) is 12.3 Å². The molecular formula is C17H19N5O4S. The van der Waals surface area contributed by atoms with Crippen LogP contribution in [-0.4, -0.2) is 41.9 Å². The van der Waals surface area contributed by atoms with Crippen molar-refractivity contribution < 1.29 is 13.2 Å². The molecule has 3 aromatic rings. The first-order valence-electron chi connectivity index (χ1n) is 8.15. The van der Waals surface area contributed by atoms with Crippen LogP contribution in [0.5, 0.6) is 0 Å². The summed E-state index contributed by atoms with van der Waals surface area (Å²) in [5, 5.41) is 7.61. The lowest BCUT2D eigenvalue weighted by molar-refractivity contribution is 0.181. The highest BCUT2D eigenvalue weighted by molar-refractivity contribution is 7.91. The monoisotopic (exact) mass is 389 g/mol. The van der Waals surface area contributed by atoms with Crippen molar-refractivity contribution in [3.63, 3.8) is 0 Å². The third kappa shape index (κ3) is 4.80. The molecule has 0 aliphatic carbocycles. The molecule has 0 fully saturated rings. The highest BCUT2D eigenvalue weighted by atomic mass is 32.2. The zero-order chi connectivity index (χ0) is 19.3. The van der Waals surface area contributed by atoms with E-state index >= 15 is 0 Å². The Morgan fingerprint density at radius 3 is 2.41 bits per heavy atom. The number of benzene rings is 2. The molecule has 3 rings (SSSR count). The second kappa shape index (κ2) is 8.14. The summed E-state index contributed by atoms with van der Waals surface area (Å²) in [5.41, 5.74) is 1.18. The van der Waals surface area contributed by atoms with Crippen LogP contribution in [0.15, 0.2) is 59.4 Å². The maximum absolute atomic E-state index is 12.3. The number of nitrogens with zero attached hydrogens (tertiary/aromatic N) is 4. The van der Waals surface area contributed by atoms with Crippen molar-refractivity contribution in [3.8, 4) is 5.69 Å². The molecule has 0 bridgehead atoms. The molecule has 9 nitrogen and oxygen atoms in total. The molecule has 0 atom stereocenters. The van der Waals surface area contributed by atoms with Crippen molar-refractivity contribution in [2.24, 2.45) is 0 Å². The average Bonchev–Trinajstić information content (AvgIpc) is 3.01. The fraction of sp³-hybridized carbons (Fsp3) is 0.235. The number of rotatable bonds is 8. The van der Waals surface area contributed by atoms with Crippen LogP contribution in [0.25, 0.3) is 5.69 Å². The van der Waals surface area contributed by atoms with Crippen molar-refractivity contribution >= 4 is 15.7 Å². The van der Waals surface area contributed by atoms with Crippen LogP contribution in [0.2, 0.25) is 0 Å². The Morgan fingerprint density at radius 1 is 1.04 bits per heavy atom. The topological polar surface area (TPSA) is 108 Å². The van der Waals surface area contributed by atoms with E-state index in [2.05, 4.69) is 15.1 Å². The molecule has 0 unspecified atom stereocenters. The van der Waals surface area contributed by atoms with Gasteiger partial charge in [-0.15, -0.1) is 0 Å². The number of methoxy groups -OCH3 is 1. The summed E-state index contributed by atoms with van der Waals surface area (Å²) in [7, 11) is -2.01. The van der Waals surface area contributed by atoms with Gasteiger partial charge < -0.3 is 4.74 Å². The predicted molar refractivity (Wildman–Crippen MR) is 100 cm³/mol. The van der Waals surface area contributed by atoms with E-state index in [-0.39, 0.29) is 5.75 Å². The molecule has 1 heterocycles. The molecule has 0 saturated carbocycles. The van der Waals surface area contributed by atoms with E-state index in [4.69, 9.17) is 4.74 Å². The van der Waals surface area contributed by atoms with E-state index in [1.165, 1.54) is 11.8 Å². The minimum atomic E-state index is -3.54. The number of nitrogens with one attached hydrogen (secondary N) is 1. The number of ether oxygens (including phenoxy) is 1. The molecule has 0 radical (unpaired) electrons. The predicted octanol–water partition coefficient (Wildman–Crippen LogP) is 1.02. The molecule has 142 valence electrons. The molecule has 27 heavy (non-hydrogen) atoms. The van der Waals surface area contributed by atoms with Gasteiger partial charge in [-0.3, -0.25) is 4.72 Å². The van der Waals surface area contributed by atoms with Gasteiger partial charge in [0.25, 0.3) is 0 Å². The molecule has 10 heteroatoms. The lowest BCUT2D eigenvalue weighted by Gasteiger charge is -2.08. The van der Waals surface area contributed by atoms with Crippen LogP contribution < -0.4 is 10.4 Å². The van der Waals surface area contributed by atoms with Gasteiger partial charge in [0.2, 0.25) is 10.0 Å². The molecule has 0 amide bonds. The summed E-state index contributed by atoms with van der Waals surface area (Å²) in [4.78, 5) is 12.2. The Morgan fingerprint density at radius 2 is 1.74 bits per heavy atom. The molecular weight excluding hydrogens is 370 g/mol. The second-order valence-electron chi connectivity index (χ2n) is 5.78. The molecule has 2 aromatic carbocycles. The van der Waals surface area contributed by atoms with Crippen LogP contribution in [0, 0.1) is 0 Å². The fourth-order valence-electron chi connectivity index (χ4n) is 2.43. The van der Waals surface area contributed by atoms with Gasteiger partial charge >= 0.3 is 5.69 Å². The van der Waals surface area contributed by atoms with E-state index in [9.17, 15) is 13.2 Å². The van der Waals surface area contributed by atoms with Gasteiger partial charge in [0.05, 0.1) is 24.6 Å². The summed E-state index contributed by atoms with van der Waals surface area (Å²) < 4.78 is 34.3. The normalized spacial score (nSPS) is 11.4. The van der Waals surface area contributed by atoms with Crippen LogP contribution in [0.1, 0.15) is 5.56 Å². The van der Waals surface area contributed by atoms with Crippen molar-refractivity contribution in [3.05, 3.63) is 70.6 Å².